The van der Waals surface area contributed by atoms with Crippen molar-refractivity contribution >= 4 is 11.7 Å². The predicted octanol–water partition coefficient (Wildman–Crippen LogP) is 3.00. The lowest BCUT2D eigenvalue weighted by molar-refractivity contribution is 0.0181. The van der Waals surface area contributed by atoms with Gasteiger partial charge in [-0.05, 0) is 31.9 Å². The van der Waals surface area contributed by atoms with Crippen LogP contribution in [0.3, 0.4) is 0 Å². The van der Waals surface area contributed by atoms with Crippen LogP contribution in [0.1, 0.15) is 19.8 Å². The van der Waals surface area contributed by atoms with E-state index in [4.69, 9.17) is 4.74 Å². The van der Waals surface area contributed by atoms with Gasteiger partial charge in [-0.1, -0.05) is 6.07 Å². The predicted molar refractivity (Wildman–Crippen MR) is 71.6 cm³/mol. The van der Waals surface area contributed by atoms with Gasteiger partial charge in [0, 0.05) is 19.7 Å². The van der Waals surface area contributed by atoms with Crippen LogP contribution in [-0.2, 0) is 4.74 Å². The number of hydrogen-bond acceptors (Lipinski definition) is 2. The molecule has 1 aromatic rings. The van der Waals surface area contributed by atoms with E-state index in [0.29, 0.717) is 19.7 Å². The second-order valence-electron chi connectivity index (χ2n) is 4.70. The summed E-state index contributed by atoms with van der Waals surface area (Å²) < 4.78 is 32.1. The molecule has 0 bridgehead atoms. The largest absolute Gasteiger partial charge is 0.377 e. The smallest absolute Gasteiger partial charge is 0.322 e. The third-order valence-corrected chi connectivity index (χ3v) is 3.26. The topological polar surface area (TPSA) is 41.6 Å². The lowest BCUT2D eigenvalue weighted by Crippen LogP contribution is -2.45. The zero-order valence-corrected chi connectivity index (χ0v) is 11.4. The molecular weight excluding hydrogens is 266 g/mol. The third-order valence-electron chi connectivity index (χ3n) is 3.26. The number of urea groups is 1. The van der Waals surface area contributed by atoms with Crippen LogP contribution in [0.15, 0.2) is 18.2 Å². The molecular formula is C14H18F2N2O2. The van der Waals surface area contributed by atoms with Crippen molar-refractivity contribution in [3.63, 3.8) is 0 Å². The SMILES string of the molecule is CCOC1CCCN(C(=O)Nc2cccc(F)c2F)C1. The van der Waals surface area contributed by atoms with Gasteiger partial charge in [0.15, 0.2) is 11.6 Å². The minimum Gasteiger partial charge on any atom is -0.377 e. The number of ether oxygens (including phenoxy) is 1. The summed E-state index contributed by atoms with van der Waals surface area (Å²) in [6.07, 6.45) is 1.76. The first kappa shape index (κ1) is 14.7. The van der Waals surface area contributed by atoms with Crippen molar-refractivity contribution in [1.29, 1.82) is 0 Å². The molecule has 20 heavy (non-hydrogen) atoms. The molecule has 0 spiro atoms. The lowest BCUT2D eigenvalue weighted by Gasteiger charge is -2.32. The van der Waals surface area contributed by atoms with Gasteiger partial charge in [0.2, 0.25) is 0 Å². The van der Waals surface area contributed by atoms with Crippen LogP contribution >= 0.6 is 0 Å². The minimum absolute atomic E-state index is 0.0110. The molecule has 1 fully saturated rings. The molecule has 2 rings (SSSR count). The summed E-state index contributed by atoms with van der Waals surface area (Å²) in [6.45, 7) is 3.56. The quantitative estimate of drug-likeness (QED) is 0.927. The zero-order valence-electron chi connectivity index (χ0n) is 11.4. The maximum atomic E-state index is 13.5. The fraction of sp³-hybridized carbons (Fsp3) is 0.500. The molecule has 0 aliphatic carbocycles. The van der Waals surface area contributed by atoms with Crippen molar-refractivity contribution in [2.45, 2.75) is 25.9 Å². The van der Waals surface area contributed by atoms with Crippen LogP contribution in [-0.4, -0.2) is 36.7 Å². The Balaban J connectivity index is 1.99. The maximum absolute atomic E-state index is 13.5. The van der Waals surface area contributed by atoms with Crippen molar-refractivity contribution in [3.8, 4) is 0 Å². The van der Waals surface area contributed by atoms with Crippen LogP contribution in [0, 0.1) is 11.6 Å². The van der Waals surface area contributed by atoms with Crippen molar-refractivity contribution in [2.24, 2.45) is 0 Å². The molecule has 1 N–H and O–H groups in total. The van der Waals surface area contributed by atoms with Crippen LogP contribution < -0.4 is 5.32 Å². The highest BCUT2D eigenvalue weighted by Gasteiger charge is 2.24. The molecule has 2 amide bonds. The first-order valence-electron chi connectivity index (χ1n) is 6.73. The number of piperidine rings is 1. The summed E-state index contributed by atoms with van der Waals surface area (Å²) in [5.41, 5.74) is -0.145. The van der Waals surface area contributed by atoms with E-state index >= 15 is 0 Å². The van der Waals surface area contributed by atoms with E-state index < -0.39 is 17.7 Å². The van der Waals surface area contributed by atoms with Crippen LogP contribution in [0.25, 0.3) is 0 Å². The zero-order chi connectivity index (χ0) is 14.5. The number of benzene rings is 1. The average Bonchev–Trinajstić information content (AvgIpc) is 2.44. The van der Waals surface area contributed by atoms with Crippen molar-refractivity contribution in [1.82, 2.24) is 4.90 Å². The van der Waals surface area contributed by atoms with Gasteiger partial charge in [-0.3, -0.25) is 0 Å². The Bertz CT molecular complexity index is 480. The fourth-order valence-corrected chi connectivity index (χ4v) is 2.29. The van der Waals surface area contributed by atoms with Gasteiger partial charge < -0.3 is 15.0 Å². The number of nitrogens with zero attached hydrogens (tertiary/aromatic N) is 1. The number of amides is 2. The molecule has 1 aliphatic heterocycles. The van der Waals surface area contributed by atoms with E-state index in [1.807, 2.05) is 6.92 Å². The first-order chi connectivity index (χ1) is 9.61. The van der Waals surface area contributed by atoms with E-state index in [2.05, 4.69) is 5.32 Å². The molecule has 110 valence electrons. The van der Waals surface area contributed by atoms with Crippen molar-refractivity contribution < 1.29 is 18.3 Å². The number of likely N-dealkylation sites (tertiary alicyclic amines) is 1. The normalized spacial score (nSPS) is 18.9. The number of nitrogens with one attached hydrogen (secondary N) is 1. The van der Waals surface area contributed by atoms with Gasteiger partial charge in [0.25, 0.3) is 0 Å². The molecule has 0 radical (unpaired) electrons. The molecule has 1 unspecified atom stereocenters. The van der Waals surface area contributed by atoms with E-state index in [1.165, 1.54) is 12.1 Å². The molecule has 6 heteroatoms. The van der Waals surface area contributed by atoms with E-state index in [0.717, 1.165) is 18.9 Å². The summed E-state index contributed by atoms with van der Waals surface area (Å²) in [5, 5.41) is 2.40. The average molecular weight is 284 g/mol. The van der Waals surface area contributed by atoms with Crippen LogP contribution in [0.5, 0.6) is 0 Å². The summed E-state index contributed by atoms with van der Waals surface area (Å²) in [4.78, 5) is 13.6. The number of rotatable bonds is 3. The Kier molecular flexibility index (Phi) is 4.89. The molecule has 1 aliphatic rings. The number of hydrogen-bond donors (Lipinski definition) is 1. The standard InChI is InChI=1S/C14H18F2N2O2/c1-2-20-10-5-4-8-18(9-10)14(19)17-12-7-3-6-11(15)13(12)16/h3,6-7,10H,2,4-5,8-9H2,1H3,(H,17,19). The number of carbonyl (C=O) groups is 1. The highest BCUT2D eigenvalue weighted by atomic mass is 19.2. The third kappa shape index (κ3) is 3.45. The Morgan fingerprint density at radius 1 is 1.50 bits per heavy atom. The molecule has 0 saturated carbocycles. The maximum Gasteiger partial charge on any atom is 0.322 e. The molecule has 4 nitrogen and oxygen atoms in total. The van der Waals surface area contributed by atoms with Crippen molar-refractivity contribution in [3.05, 3.63) is 29.8 Å². The van der Waals surface area contributed by atoms with Gasteiger partial charge in [-0.25, -0.2) is 13.6 Å². The Morgan fingerprint density at radius 3 is 3.05 bits per heavy atom. The Hall–Kier alpha value is -1.69. The second kappa shape index (κ2) is 6.65. The second-order valence-corrected chi connectivity index (χ2v) is 4.70. The van der Waals surface area contributed by atoms with Gasteiger partial charge in [0.1, 0.15) is 0 Å². The molecule has 1 saturated heterocycles. The van der Waals surface area contributed by atoms with E-state index in [1.54, 1.807) is 4.90 Å². The van der Waals surface area contributed by atoms with Crippen LogP contribution in [0.2, 0.25) is 0 Å². The number of halogens is 2. The summed E-state index contributed by atoms with van der Waals surface area (Å²) in [6, 6.07) is 3.27. The monoisotopic (exact) mass is 284 g/mol. The summed E-state index contributed by atoms with van der Waals surface area (Å²) in [5.74, 6) is -2.02. The van der Waals surface area contributed by atoms with Gasteiger partial charge in [0.05, 0.1) is 11.8 Å². The van der Waals surface area contributed by atoms with Gasteiger partial charge in [-0.15, -0.1) is 0 Å². The van der Waals surface area contributed by atoms with E-state index in [-0.39, 0.29) is 11.8 Å². The molecule has 1 atom stereocenters. The van der Waals surface area contributed by atoms with E-state index in [9.17, 15) is 13.6 Å². The highest BCUT2D eigenvalue weighted by Crippen LogP contribution is 2.19. The summed E-state index contributed by atoms with van der Waals surface area (Å²) >= 11 is 0. The Morgan fingerprint density at radius 2 is 2.30 bits per heavy atom. The number of carbonyl (C=O) groups excluding carboxylic acids is 1. The summed E-state index contributed by atoms with van der Waals surface area (Å²) in [7, 11) is 0. The fourth-order valence-electron chi connectivity index (χ4n) is 2.29. The molecule has 1 heterocycles. The minimum atomic E-state index is -1.04. The van der Waals surface area contributed by atoms with Crippen molar-refractivity contribution in [2.75, 3.05) is 25.0 Å². The molecule has 1 aromatic carbocycles. The molecule has 0 aromatic heterocycles. The Labute approximate surface area is 116 Å². The lowest BCUT2D eigenvalue weighted by atomic mass is 10.1. The number of anilines is 1. The van der Waals surface area contributed by atoms with Gasteiger partial charge in [-0.2, -0.15) is 0 Å². The van der Waals surface area contributed by atoms with Crippen LogP contribution in [0.4, 0.5) is 19.3 Å². The highest BCUT2D eigenvalue weighted by molar-refractivity contribution is 5.89. The first-order valence-corrected chi connectivity index (χ1v) is 6.73. The van der Waals surface area contributed by atoms with Gasteiger partial charge >= 0.3 is 6.03 Å².